The molecule has 0 radical (unpaired) electrons. The number of piperazine rings is 1. The Labute approximate surface area is 200 Å². The third-order valence-electron chi connectivity index (χ3n) is 5.85. The fourth-order valence-corrected chi connectivity index (χ4v) is 4.65. The van der Waals surface area contributed by atoms with Crippen molar-refractivity contribution < 1.29 is 26.9 Å². The van der Waals surface area contributed by atoms with Gasteiger partial charge < -0.3 is 9.80 Å². The van der Waals surface area contributed by atoms with E-state index < -0.39 is 32.3 Å². The van der Waals surface area contributed by atoms with Gasteiger partial charge in [-0.1, -0.05) is 18.2 Å². The number of sulfone groups is 1. The van der Waals surface area contributed by atoms with Crippen molar-refractivity contribution in [3.05, 3.63) is 88.0 Å². The molecule has 1 saturated heterocycles. The molecule has 11 heteroatoms. The summed E-state index contributed by atoms with van der Waals surface area (Å²) in [5.41, 5.74) is 1.04. The van der Waals surface area contributed by atoms with Gasteiger partial charge >= 0.3 is 0 Å². The first-order chi connectivity index (χ1) is 16.5. The number of halogens is 2. The highest BCUT2D eigenvalue weighted by Crippen LogP contribution is 2.29. The molecule has 0 bridgehead atoms. The zero-order valence-corrected chi connectivity index (χ0v) is 19.5. The quantitative estimate of drug-likeness (QED) is 0.388. The van der Waals surface area contributed by atoms with Gasteiger partial charge in [-0.25, -0.2) is 17.2 Å². The number of hydrogen-bond acceptors (Lipinski definition) is 6. The third-order valence-corrected chi connectivity index (χ3v) is 6.96. The maximum absolute atomic E-state index is 14.4. The van der Waals surface area contributed by atoms with E-state index in [0.29, 0.717) is 11.1 Å². The molecule has 4 rings (SSSR count). The van der Waals surface area contributed by atoms with Crippen LogP contribution in [0.1, 0.15) is 10.4 Å². The highest BCUT2D eigenvalue weighted by molar-refractivity contribution is 7.90. The molecular weight excluding hydrogens is 480 g/mol. The van der Waals surface area contributed by atoms with Crippen molar-refractivity contribution in [2.75, 3.05) is 37.3 Å². The van der Waals surface area contributed by atoms with Crippen molar-refractivity contribution in [1.29, 1.82) is 0 Å². The summed E-state index contributed by atoms with van der Waals surface area (Å²) in [5, 5.41) is 10.9. The van der Waals surface area contributed by atoms with Gasteiger partial charge in [0.05, 0.1) is 21.6 Å². The number of nitro benzene ring substituents is 1. The van der Waals surface area contributed by atoms with E-state index in [1.807, 2.05) is 0 Å². The van der Waals surface area contributed by atoms with Crippen LogP contribution in [-0.2, 0) is 9.84 Å². The van der Waals surface area contributed by atoms with Crippen LogP contribution >= 0.6 is 0 Å². The van der Waals surface area contributed by atoms with Gasteiger partial charge in [-0.15, -0.1) is 0 Å². The number of carbonyl (C=O) groups excluding carboxylic acids is 1. The summed E-state index contributed by atoms with van der Waals surface area (Å²) >= 11 is 0. The summed E-state index contributed by atoms with van der Waals surface area (Å²) < 4.78 is 52.1. The molecule has 0 spiro atoms. The van der Waals surface area contributed by atoms with Crippen LogP contribution in [0.15, 0.2) is 65.6 Å². The Hall–Kier alpha value is -3.86. The second kappa shape index (κ2) is 9.41. The van der Waals surface area contributed by atoms with Gasteiger partial charge in [0, 0.05) is 44.1 Å². The lowest BCUT2D eigenvalue weighted by Gasteiger charge is -2.36. The van der Waals surface area contributed by atoms with Crippen molar-refractivity contribution in [3.8, 4) is 11.1 Å². The minimum atomic E-state index is -3.58. The molecule has 0 aliphatic carbocycles. The first kappa shape index (κ1) is 24.3. The molecule has 1 amide bonds. The first-order valence-electron chi connectivity index (χ1n) is 10.6. The van der Waals surface area contributed by atoms with E-state index in [1.54, 1.807) is 4.90 Å². The Morgan fingerprint density at radius 2 is 1.60 bits per heavy atom. The molecule has 0 N–H and O–H groups in total. The Morgan fingerprint density at radius 3 is 2.17 bits per heavy atom. The molecule has 0 aromatic heterocycles. The van der Waals surface area contributed by atoms with Crippen LogP contribution < -0.4 is 4.90 Å². The highest BCUT2D eigenvalue weighted by Gasteiger charge is 2.27. The van der Waals surface area contributed by atoms with Crippen molar-refractivity contribution in [2.45, 2.75) is 4.90 Å². The van der Waals surface area contributed by atoms with E-state index in [2.05, 4.69) is 0 Å². The summed E-state index contributed by atoms with van der Waals surface area (Å²) in [4.78, 5) is 26.8. The molecule has 1 fully saturated rings. The molecule has 1 aliphatic rings. The summed E-state index contributed by atoms with van der Waals surface area (Å²) in [6.45, 7) is 0.999. The third kappa shape index (κ3) is 5.14. The van der Waals surface area contributed by atoms with Gasteiger partial charge in [0.15, 0.2) is 15.7 Å². The summed E-state index contributed by atoms with van der Waals surface area (Å²) in [5.74, 6) is -1.57. The second-order valence-corrected chi connectivity index (χ2v) is 10.2. The van der Waals surface area contributed by atoms with Crippen molar-refractivity contribution in [2.24, 2.45) is 0 Å². The zero-order chi connectivity index (χ0) is 25.3. The van der Waals surface area contributed by atoms with Gasteiger partial charge in [0.1, 0.15) is 5.82 Å². The van der Waals surface area contributed by atoms with E-state index in [0.717, 1.165) is 12.3 Å². The number of carbonyl (C=O) groups is 1. The lowest BCUT2D eigenvalue weighted by Crippen LogP contribution is -2.49. The number of hydrogen-bond donors (Lipinski definition) is 0. The number of anilines is 1. The summed E-state index contributed by atoms with van der Waals surface area (Å²) in [6, 6.07) is 13.2. The number of benzene rings is 3. The Bertz CT molecular complexity index is 1400. The number of non-ortho nitro benzene ring substituents is 1. The zero-order valence-electron chi connectivity index (χ0n) is 18.6. The predicted octanol–water partition coefficient (Wildman–Crippen LogP) is 3.91. The van der Waals surface area contributed by atoms with Gasteiger partial charge in [0.25, 0.3) is 11.6 Å². The fourth-order valence-electron chi connectivity index (χ4n) is 4.00. The molecule has 182 valence electrons. The van der Waals surface area contributed by atoms with Gasteiger partial charge in [-0.2, -0.15) is 0 Å². The predicted molar refractivity (Wildman–Crippen MR) is 126 cm³/mol. The van der Waals surface area contributed by atoms with Gasteiger partial charge in [-0.05, 0) is 41.5 Å². The molecule has 35 heavy (non-hydrogen) atoms. The summed E-state index contributed by atoms with van der Waals surface area (Å²) in [6.07, 6.45) is 1.05. The average molecular weight is 502 g/mol. The van der Waals surface area contributed by atoms with Crippen LogP contribution in [0.5, 0.6) is 0 Å². The van der Waals surface area contributed by atoms with Crippen LogP contribution in [0, 0.1) is 21.7 Å². The maximum Gasteiger partial charge on any atom is 0.272 e. The van der Waals surface area contributed by atoms with Crippen LogP contribution in [0.25, 0.3) is 11.1 Å². The van der Waals surface area contributed by atoms with Crippen LogP contribution in [0.4, 0.5) is 20.2 Å². The Morgan fingerprint density at radius 1 is 0.943 bits per heavy atom. The van der Waals surface area contributed by atoms with E-state index in [1.165, 1.54) is 59.5 Å². The van der Waals surface area contributed by atoms with Crippen molar-refractivity contribution >= 4 is 27.1 Å². The number of nitrogens with zero attached hydrogens (tertiary/aromatic N) is 3. The Balaban J connectivity index is 1.60. The molecule has 3 aromatic rings. The molecule has 3 aromatic carbocycles. The first-order valence-corrected chi connectivity index (χ1v) is 12.5. The van der Waals surface area contributed by atoms with E-state index in [4.69, 9.17) is 0 Å². The Kier molecular flexibility index (Phi) is 6.53. The standard InChI is InChI=1S/C24H21F2N3O5S/c1-35(33,34)19-7-8-20(16-2-4-17(25)5-3-16)21(15-19)24(30)28-12-10-27(11-13-28)23-9-6-18(29(31)32)14-22(23)26/h2-9,14-15H,10-13H2,1H3. The monoisotopic (exact) mass is 501 g/mol. The lowest BCUT2D eigenvalue weighted by atomic mass is 9.98. The maximum atomic E-state index is 14.4. The largest absolute Gasteiger partial charge is 0.366 e. The minimum Gasteiger partial charge on any atom is -0.366 e. The van der Waals surface area contributed by atoms with Gasteiger partial charge in [-0.3, -0.25) is 14.9 Å². The second-order valence-electron chi connectivity index (χ2n) is 8.16. The molecular formula is C24H21F2N3O5S. The fraction of sp³-hybridized carbons (Fsp3) is 0.208. The van der Waals surface area contributed by atoms with E-state index in [9.17, 15) is 32.1 Å². The SMILES string of the molecule is CS(=O)(=O)c1ccc(-c2ccc(F)cc2)c(C(=O)N2CCN(c3ccc([N+](=O)[O-])cc3F)CC2)c1. The number of amides is 1. The van der Waals surface area contributed by atoms with E-state index >= 15 is 0 Å². The summed E-state index contributed by atoms with van der Waals surface area (Å²) in [7, 11) is -3.58. The number of rotatable bonds is 5. The normalized spacial score (nSPS) is 14.1. The topological polar surface area (TPSA) is 101 Å². The smallest absolute Gasteiger partial charge is 0.272 e. The van der Waals surface area contributed by atoms with Crippen LogP contribution in [-0.4, -0.2) is 56.6 Å². The highest BCUT2D eigenvalue weighted by atomic mass is 32.2. The molecule has 8 nitrogen and oxygen atoms in total. The molecule has 0 unspecified atom stereocenters. The average Bonchev–Trinajstić information content (AvgIpc) is 2.83. The van der Waals surface area contributed by atoms with Crippen LogP contribution in [0.3, 0.4) is 0 Å². The molecule has 1 aliphatic heterocycles. The van der Waals surface area contributed by atoms with E-state index in [-0.39, 0.29) is 48.0 Å². The molecule has 1 heterocycles. The van der Waals surface area contributed by atoms with Crippen molar-refractivity contribution in [3.63, 3.8) is 0 Å². The minimum absolute atomic E-state index is 0.0155. The van der Waals surface area contributed by atoms with Crippen LogP contribution in [0.2, 0.25) is 0 Å². The number of nitro groups is 1. The molecule has 0 saturated carbocycles. The van der Waals surface area contributed by atoms with Crippen molar-refractivity contribution in [1.82, 2.24) is 4.90 Å². The van der Waals surface area contributed by atoms with Gasteiger partial charge in [0.2, 0.25) is 0 Å². The molecule has 0 atom stereocenters. The lowest BCUT2D eigenvalue weighted by molar-refractivity contribution is -0.385.